The van der Waals surface area contributed by atoms with Crippen molar-refractivity contribution in [2.45, 2.75) is 31.3 Å². The number of nitrogens with one attached hydrogen (secondary N) is 1. The van der Waals surface area contributed by atoms with Crippen LogP contribution in [0.2, 0.25) is 10.0 Å². The van der Waals surface area contributed by atoms with Gasteiger partial charge in [0.1, 0.15) is 0 Å². The lowest BCUT2D eigenvalue weighted by Gasteiger charge is -2.36. The Labute approximate surface area is 129 Å². The zero-order chi connectivity index (χ0) is 13.9. The molecule has 0 atom stereocenters. The Bertz CT molecular complexity index is 591. The topological polar surface area (TPSA) is 12.0 Å². The fourth-order valence-corrected chi connectivity index (χ4v) is 3.11. The van der Waals surface area contributed by atoms with E-state index in [-0.39, 0.29) is 0 Å². The van der Waals surface area contributed by atoms with Gasteiger partial charge in [-0.3, -0.25) is 0 Å². The number of hydrogen-bond donors (Lipinski definition) is 1. The highest BCUT2D eigenvalue weighted by molar-refractivity contribution is 6.31. The Morgan fingerprint density at radius 2 is 1.80 bits per heavy atom. The molecule has 2 aromatic carbocycles. The summed E-state index contributed by atoms with van der Waals surface area (Å²) >= 11 is 12.2. The average molecular weight is 306 g/mol. The molecule has 104 valence electrons. The summed E-state index contributed by atoms with van der Waals surface area (Å²) in [6.45, 7) is 0.840. The lowest BCUT2D eigenvalue weighted by molar-refractivity contribution is 0.289. The lowest BCUT2D eigenvalue weighted by atomic mass is 9.76. The molecular weight excluding hydrogens is 289 g/mol. The van der Waals surface area contributed by atoms with Crippen molar-refractivity contribution < 1.29 is 0 Å². The van der Waals surface area contributed by atoms with E-state index in [1.165, 1.54) is 24.0 Å². The Balaban J connectivity index is 1.50. The molecule has 3 heteroatoms. The maximum atomic E-state index is 6.16. The van der Waals surface area contributed by atoms with Gasteiger partial charge in [-0.2, -0.15) is 0 Å². The van der Waals surface area contributed by atoms with Crippen molar-refractivity contribution in [2.75, 3.05) is 0 Å². The SMILES string of the molecule is Clc1cccc(C2CC(NCc3ccccc3Cl)C2)c1. The Kier molecular flexibility index (Phi) is 4.30. The third-order valence-electron chi connectivity index (χ3n) is 4.00. The van der Waals surface area contributed by atoms with Gasteiger partial charge < -0.3 is 5.32 Å². The highest BCUT2D eigenvalue weighted by Gasteiger charge is 2.29. The molecule has 1 aliphatic rings. The fourth-order valence-electron chi connectivity index (χ4n) is 2.71. The second kappa shape index (κ2) is 6.17. The number of rotatable bonds is 4. The molecule has 20 heavy (non-hydrogen) atoms. The van der Waals surface area contributed by atoms with Gasteiger partial charge in [0.15, 0.2) is 0 Å². The summed E-state index contributed by atoms with van der Waals surface area (Å²) in [6.07, 6.45) is 2.34. The zero-order valence-corrected chi connectivity index (χ0v) is 12.7. The van der Waals surface area contributed by atoms with Gasteiger partial charge >= 0.3 is 0 Å². The zero-order valence-electron chi connectivity index (χ0n) is 11.2. The molecule has 0 radical (unpaired) electrons. The van der Waals surface area contributed by atoms with Crippen LogP contribution in [0.3, 0.4) is 0 Å². The predicted octanol–water partition coefficient (Wildman–Crippen LogP) is 5.03. The number of hydrogen-bond acceptors (Lipinski definition) is 1. The van der Waals surface area contributed by atoms with Gasteiger partial charge in [-0.15, -0.1) is 0 Å². The van der Waals surface area contributed by atoms with Crippen molar-refractivity contribution in [2.24, 2.45) is 0 Å². The van der Waals surface area contributed by atoms with E-state index in [0.717, 1.165) is 16.6 Å². The Morgan fingerprint density at radius 3 is 2.55 bits per heavy atom. The van der Waals surface area contributed by atoms with Gasteiger partial charge in [0, 0.05) is 22.6 Å². The first-order valence-electron chi connectivity index (χ1n) is 6.94. The normalized spacial score (nSPS) is 21.5. The van der Waals surface area contributed by atoms with Gasteiger partial charge in [-0.05, 0) is 48.1 Å². The summed E-state index contributed by atoms with van der Waals surface area (Å²) in [6, 6.07) is 16.8. The summed E-state index contributed by atoms with van der Waals surface area (Å²) in [5.74, 6) is 0.637. The van der Waals surface area contributed by atoms with Gasteiger partial charge in [0.25, 0.3) is 0 Å². The van der Waals surface area contributed by atoms with E-state index >= 15 is 0 Å². The molecule has 0 amide bonds. The minimum atomic E-state index is 0.579. The summed E-state index contributed by atoms with van der Waals surface area (Å²) in [4.78, 5) is 0. The van der Waals surface area contributed by atoms with Gasteiger partial charge in [0.05, 0.1) is 0 Å². The molecule has 1 fully saturated rings. The summed E-state index contributed by atoms with van der Waals surface area (Å²) in [5, 5.41) is 5.24. The maximum absolute atomic E-state index is 6.16. The number of halogens is 2. The van der Waals surface area contributed by atoms with Gasteiger partial charge in [-0.25, -0.2) is 0 Å². The van der Waals surface area contributed by atoms with E-state index in [9.17, 15) is 0 Å². The summed E-state index contributed by atoms with van der Waals surface area (Å²) in [7, 11) is 0. The van der Waals surface area contributed by atoms with Crippen LogP contribution in [-0.4, -0.2) is 6.04 Å². The molecule has 0 bridgehead atoms. The van der Waals surface area contributed by atoms with E-state index < -0.39 is 0 Å². The minimum Gasteiger partial charge on any atom is -0.310 e. The van der Waals surface area contributed by atoms with Crippen LogP contribution in [0.5, 0.6) is 0 Å². The van der Waals surface area contributed by atoms with E-state index in [4.69, 9.17) is 23.2 Å². The third-order valence-corrected chi connectivity index (χ3v) is 4.60. The standard InChI is InChI=1S/C17H17Cl2N/c18-15-6-3-5-12(8-15)14-9-16(10-14)20-11-13-4-1-2-7-17(13)19/h1-8,14,16,20H,9-11H2. The van der Waals surface area contributed by atoms with Crippen molar-refractivity contribution in [1.29, 1.82) is 0 Å². The first-order valence-corrected chi connectivity index (χ1v) is 7.70. The first kappa shape index (κ1) is 13.9. The predicted molar refractivity (Wildman–Crippen MR) is 85.5 cm³/mol. The number of benzene rings is 2. The molecule has 1 saturated carbocycles. The van der Waals surface area contributed by atoms with Crippen LogP contribution in [0, 0.1) is 0 Å². The van der Waals surface area contributed by atoms with Gasteiger partial charge in [-0.1, -0.05) is 53.5 Å². The van der Waals surface area contributed by atoms with Crippen molar-refractivity contribution in [3.8, 4) is 0 Å². The summed E-state index contributed by atoms with van der Waals surface area (Å²) < 4.78 is 0. The second-order valence-corrected chi connectivity index (χ2v) is 6.24. The average Bonchev–Trinajstić information content (AvgIpc) is 2.39. The molecule has 0 aliphatic heterocycles. The van der Waals surface area contributed by atoms with Crippen LogP contribution in [-0.2, 0) is 6.54 Å². The maximum Gasteiger partial charge on any atom is 0.0450 e. The molecule has 0 unspecified atom stereocenters. The van der Waals surface area contributed by atoms with E-state index in [1.807, 2.05) is 30.3 Å². The van der Waals surface area contributed by atoms with Crippen molar-refractivity contribution >= 4 is 23.2 Å². The Morgan fingerprint density at radius 1 is 1.00 bits per heavy atom. The van der Waals surface area contributed by atoms with E-state index in [1.54, 1.807) is 0 Å². The van der Waals surface area contributed by atoms with Crippen LogP contribution >= 0.6 is 23.2 Å². The first-order chi connectivity index (χ1) is 9.72. The minimum absolute atomic E-state index is 0.579. The third kappa shape index (κ3) is 3.17. The molecule has 1 aliphatic carbocycles. The fraction of sp³-hybridized carbons (Fsp3) is 0.294. The highest BCUT2D eigenvalue weighted by atomic mass is 35.5. The molecule has 0 aromatic heterocycles. The molecule has 0 spiro atoms. The smallest absolute Gasteiger partial charge is 0.0450 e. The van der Waals surface area contributed by atoms with Crippen LogP contribution in [0.1, 0.15) is 29.9 Å². The van der Waals surface area contributed by atoms with Gasteiger partial charge in [0.2, 0.25) is 0 Å². The van der Waals surface area contributed by atoms with Crippen LogP contribution < -0.4 is 5.32 Å². The summed E-state index contributed by atoms with van der Waals surface area (Å²) in [5.41, 5.74) is 2.52. The van der Waals surface area contributed by atoms with Crippen molar-refractivity contribution in [1.82, 2.24) is 5.32 Å². The van der Waals surface area contributed by atoms with Crippen LogP contribution in [0.4, 0.5) is 0 Å². The molecule has 1 nitrogen and oxygen atoms in total. The molecule has 3 rings (SSSR count). The molecule has 0 saturated heterocycles. The Hall–Kier alpha value is -1.02. The molecule has 1 N–H and O–H groups in total. The monoisotopic (exact) mass is 305 g/mol. The largest absolute Gasteiger partial charge is 0.310 e. The molecule has 0 heterocycles. The van der Waals surface area contributed by atoms with E-state index in [0.29, 0.717) is 12.0 Å². The lowest BCUT2D eigenvalue weighted by Crippen LogP contribution is -2.39. The van der Waals surface area contributed by atoms with Crippen molar-refractivity contribution in [3.63, 3.8) is 0 Å². The highest BCUT2D eigenvalue weighted by Crippen LogP contribution is 2.37. The van der Waals surface area contributed by atoms with Crippen molar-refractivity contribution in [3.05, 3.63) is 69.7 Å². The van der Waals surface area contributed by atoms with Crippen LogP contribution in [0.25, 0.3) is 0 Å². The quantitative estimate of drug-likeness (QED) is 0.835. The molecule has 2 aromatic rings. The molecular formula is C17H17Cl2N. The van der Waals surface area contributed by atoms with E-state index in [2.05, 4.69) is 23.5 Å². The van der Waals surface area contributed by atoms with Crippen LogP contribution in [0.15, 0.2) is 48.5 Å². The second-order valence-electron chi connectivity index (χ2n) is 5.39.